The number of hydrogen-bond acceptors (Lipinski definition) is 2. The molecule has 6 heteroatoms. The van der Waals surface area contributed by atoms with Gasteiger partial charge >= 0.3 is 12.1 Å². The number of hydrogen-bond donors (Lipinski definition) is 0. The molecule has 13 heavy (non-hydrogen) atoms. The van der Waals surface area contributed by atoms with Crippen molar-refractivity contribution in [3.8, 4) is 0 Å². The minimum atomic E-state index is -4.46. The topological polar surface area (TPSA) is 26.3 Å². The fourth-order valence-electron chi connectivity index (χ4n) is 1.90. The van der Waals surface area contributed by atoms with Gasteiger partial charge in [-0.2, -0.15) is 13.2 Å². The summed E-state index contributed by atoms with van der Waals surface area (Å²) in [5.41, 5.74) is -2.19. The second kappa shape index (κ2) is 2.52. The summed E-state index contributed by atoms with van der Waals surface area (Å²) in [7, 11) is 0. The third-order valence-corrected chi connectivity index (χ3v) is 3.93. The van der Waals surface area contributed by atoms with E-state index in [1.54, 1.807) is 0 Å². The van der Waals surface area contributed by atoms with Gasteiger partial charge in [-0.15, -0.1) is 0 Å². The highest BCUT2D eigenvalue weighted by Gasteiger charge is 2.71. The van der Waals surface area contributed by atoms with E-state index in [9.17, 15) is 18.0 Å². The molecule has 0 unspecified atom stereocenters. The molecule has 0 aromatic rings. The molecule has 0 radical (unpaired) electrons. The van der Waals surface area contributed by atoms with Crippen molar-refractivity contribution >= 4 is 28.6 Å². The maximum absolute atomic E-state index is 12.6. The summed E-state index contributed by atoms with van der Waals surface area (Å²) in [5.74, 6) is -1.09. The van der Waals surface area contributed by atoms with E-state index in [1.165, 1.54) is 0 Å². The van der Waals surface area contributed by atoms with Crippen LogP contribution >= 0.6 is 22.6 Å². The van der Waals surface area contributed by atoms with E-state index >= 15 is 0 Å². The molecule has 2 rings (SSSR count). The van der Waals surface area contributed by atoms with Crippen molar-refractivity contribution in [2.75, 3.05) is 0 Å². The third kappa shape index (κ3) is 1.10. The van der Waals surface area contributed by atoms with Crippen molar-refractivity contribution in [2.45, 2.75) is 29.0 Å². The molecule has 0 spiro atoms. The van der Waals surface area contributed by atoms with Crippen molar-refractivity contribution in [1.82, 2.24) is 0 Å². The van der Waals surface area contributed by atoms with Crippen LogP contribution in [0.3, 0.4) is 0 Å². The van der Waals surface area contributed by atoms with Crippen molar-refractivity contribution in [3.05, 3.63) is 0 Å². The van der Waals surface area contributed by atoms with Gasteiger partial charge in [0.15, 0.2) is 5.41 Å². The monoisotopic (exact) mass is 306 g/mol. The number of fused-ring (bicyclic) bond motifs is 2. The van der Waals surface area contributed by atoms with Gasteiger partial charge < -0.3 is 4.74 Å². The molecule has 2 nitrogen and oxygen atoms in total. The van der Waals surface area contributed by atoms with Gasteiger partial charge in [0, 0.05) is 10.3 Å². The van der Waals surface area contributed by atoms with Crippen LogP contribution in [0.15, 0.2) is 0 Å². The summed E-state index contributed by atoms with van der Waals surface area (Å²) < 4.78 is 42.1. The Morgan fingerprint density at radius 2 is 2.08 bits per heavy atom. The Bertz CT molecular complexity index is 261. The standard InChI is InChI=1S/C7H6F3IO2/c8-7(9,10)6-1-3(11)4(2-6)13-5(6)12/h3-4H,1-2H2/t3-,4-,6+/m0/s1. The lowest BCUT2D eigenvalue weighted by Crippen LogP contribution is -2.43. The largest absolute Gasteiger partial charge is 0.461 e. The fraction of sp³-hybridized carbons (Fsp3) is 0.857. The summed E-state index contributed by atoms with van der Waals surface area (Å²) >= 11 is 1.91. The molecule has 1 heterocycles. The average Bonchev–Trinajstić information content (AvgIpc) is 2.41. The normalized spacial score (nSPS) is 43.8. The third-order valence-electron chi connectivity index (χ3n) is 2.69. The molecule has 3 atom stereocenters. The summed E-state index contributed by atoms with van der Waals surface area (Å²) in [4.78, 5) is 11.0. The maximum Gasteiger partial charge on any atom is 0.405 e. The van der Waals surface area contributed by atoms with Crippen LogP contribution in [0.5, 0.6) is 0 Å². The number of carbonyl (C=O) groups excluding carboxylic acids is 1. The molecule has 1 aliphatic carbocycles. The lowest BCUT2D eigenvalue weighted by molar-refractivity contribution is -0.223. The SMILES string of the molecule is O=C1O[C@H]2C[C@]1(C(F)(F)F)C[C@@H]2I. The number of alkyl halides is 4. The number of ether oxygens (including phenoxy) is 1. The molecule has 1 saturated carbocycles. The van der Waals surface area contributed by atoms with E-state index in [-0.39, 0.29) is 16.8 Å². The Morgan fingerprint density at radius 1 is 1.46 bits per heavy atom. The summed E-state index contributed by atoms with van der Waals surface area (Å²) in [6, 6.07) is 0. The molecule has 0 amide bonds. The zero-order chi connectivity index (χ0) is 9.85. The van der Waals surface area contributed by atoms with Crippen LogP contribution in [0.2, 0.25) is 0 Å². The van der Waals surface area contributed by atoms with E-state index in [1.807, 2.05) is 22.6 Å². The molecule has 0 aromatic heterocycles. The van der Waals surface area contributed by atoms with Crippen LogP contribution in [0.4, 0.5) is 13.2 Å². The Labute approximate surface area is 86.0 Å². The van der Waals surface area contributed by atoms with Gasteiger partial charge in [-0.25, -0.2) is 0 Å². The highest BCUT2D eigenvalue weighted by Crippen LogP contribution is 2.58. The molecule has 2 aliphatic rings. The fourth-order valence-corrected chi connectivity index (χ4v) is 3.05. The highest BCUT2D eigenvalue weighted by molar-refractivity contribution is 14.1. The van der Waals surface area contributed by atoms with Gasteiger partial charge in [-0.1, -0.05) is 22.6 Å². The molecule has 74 valence electrons. The first-order valence-electron chi connectivity index (χ1n) is 3.79. The summed E-state index contributed by atoms with van der Waals surface area (Å²) in [6.45, 7) is 0. The van der Waals surface area contributed by atoms with Gasteiger partial charge in [0.25, 0.3) is 0 Å². The van der Waals surface area contributed by atoms with Gasteiger partial charge in [0.05, 0.1) is 0 Å². The predicted molar refractivity (Wildman–Crippen MR) is 45.4 cm³/mol. The Kier molecular flexibility index (Phi) is 1.85. The van der Waals surface area contributed by atoms with Crippen LogP contribution in [0.1, 0.15) is 12.8 Å². The van der Waals surface area contributed by atoms with Crippen molar-refractivity contribution in [1.29, 1.82) is 0 Å². The second-order valence-electron chi connectivity index (χ2n) is 3.45. The smallest absolute Gasteiger partial charge is 0.405 e. The number of esters is 1. The second-order valence-corrected chi connectivity index (χ2v) is 5.05. The minimum absolute atomic E-state index is 0.124. The quantitative estimate of drug-likeness (QED) is 0.389. The molecule has 1 aliphatic heterocycles. The zero-order valence-corrected chi connectivity index (χ0v) is 8.55. The van der Waals surface area contributed by atoms with Crippen LogP contribution in [0.25, 0.3) is 0 Å². The molecule has 2 bridgehead atoms. The van der Waals surface area contributed by atoms with Crippen molar-refractivity contribution < 1.29 is 22.7 Å². The van der Waals surface area contributed by atoms with E-state index in [0.717, 1.165) is 0 Å². The molecular weight excluding hydrogens is 300 g/mol. The van der Waals surface area contributed by atoms with E-state index in [2.05, 4.69) is 4.74 Å². The molecule has 0 aromatic carbocycles. The Hall–Kier alpha value is -0.0100. The minimum Gasteiger partial charge on any atom is -0.461 e. The number of rotatable bonds is 0. The lowest BCUT2D eigenvalue weighted by atomic mass is 9.86. The van der Waals surface area contributed by atoms with Gasteiger partial charge in [0.2, 0.25) is 0 Å². The van der Waals surface area contributed by atoms with E-state index in [4.69, 9.17) is 0 Å². The van der Waals surface area contributed by atoms with Crippen LogP contribution in [-0.2, 0) is 9.53 Å². The molecule has 0 N–H and O–H groups in total. The van der Waals surface area contributed by atoms with Gasteiger partial charge in [0.1, 0.15) is 6.10 Å². The van der Waals surface area contributed by atoms with E-state index < -0.39 is 23.7 Å². The first-order chi connectivity index (χ1) is 5.87. The first kappa shape index (κ1) is 9.54. The molecular formula is C7H6F3IO2. The van der Waals surface area contributed by atoms with Gasteiger partial charge in [-0.3, -0.25) is 4.79 Å². The van der Waals surface area contributed by atoms with Crippen molar-refractivity contribution in [2.24, 2.45) is 5.41 Å². The Morgan fingerprint density at radius 3 is 2.38 bits per heavy atom. The molecule has 1 saturated heterocycles. The zero-order valence-electron chi connectivity index (χ0n) is 6.40. The van der Waals surface area contributed by atoms with Crippen LogP contribution < -0.4 is 0 Å². The van der Waals surface area contributed by atoms with E-state index in [0.29, 0.717) is 0 Å². The highest BCUT2D eigenvalue weighted by atomic mass is 127. The van der Waals surface area contributed by atoms with Crippen LogP contribution in [-0.4, -0.2) is 22.2 Å². The summed E-state index contributed by atoms with van der Waals surface area (Å²) in [5, 5.41) is 0. The predicted octanol–water partition coefficient (Wildman–Crippen LogP) is 2.06. The lowest BCUT2D eigenvalue weighted by Gasteiger charge is -2.27. The van der Waals surface area contributed by atoms with Gasteiger partial charge in [-0.05, 0) is 6.42 Å². The molecule has 2 fully saturated rings. The average molecular weight is 306 g/mol. The Balaban J connectivity index is 2.37. The number of carbonyl (C=O) groups is 1. The summed E-state index contributed by atoms with van der Waals surface area (Å²) in [6.07, 6.45) is -5.31. The van der Waals surface area contributed by atoms with Crippen LogP contribution in [0, 0.1) is 5.41 Å². The van der Waals surface area contributed by atoms with Crippen molar-refractivity contribution in [3.63, 3.8) is 0 Å². The number of halogens is 4. The first-order valence-corrected chi connectivity index (χ1v) is 5.03. The maximum atomic E-state index is 12.6.